The third-order valence-corrected chi connectivity index (χ3v) is 1.74. The van der Waals surface area contributed by atoms with E-state index in [2.05, 4.69) is 30.3 Å². The molecule has 13 heavy (non-hydrogen) atoms. The molecule has 0 fully saturated rings. The first-order chi connectivity index (χ1) is 6.36. The number of benzene rings is 1. The number of hydrogen-bond donors (Lipinski definition) is 1. The zero-order valence-corrected chi connectivity index (χ0v) is 7.90. The molecule has 68 valence electrons. The van der Waals surface area contributed by atoms with Crippen molar-refractivity contribution in [3.8, 4) is 0 Å². The topological polar surface area (TPSA) is 26.0 Å². The highest BCUT2D eigenvalue weighted by Gasteiger charge is 1.86. The fourth-order valence-corrected chi connectivity index (χ4v) is 1.11. The van der Waals surface area contributed by atoms with Gasteiger partial charge in [-0.1, -0.05) is 48.6 Å². The number of nitrogens with two attached hydrogens (primary N) is 1. The minimum atomic E-state index is 0.594. The lowest BCUT2D eigenvalue weighted by molar-refractivity contribution is 1.26. The van der Waals surface area contributed by atoms with Crippen LogP contribution in [-0.4, -0.2) is 6.54 Å². The van der Waals surface area contributed by atoms with Crippen LogP contribution >= 0.6 is 0 Å². The minimum absolute atomic E-state index is 0.594. The molecule has 0 atom stereocenters. The Balaban J connectivity index is 2.75. The molecule has 0 amide bonds. The molecule has 0 unspecified atom stereocenters. The highest BCUT2D eigenvalue weighted by atomic mass is 14.5. The van der Waals surface area contributed by atoms with Gasteiger partial charge in [0.2, 0.25) is 0 Å². The van der Waals surface area contributed by atoms with Crippen molar-refractivity contribution in [2.24, 2.45) is 5.73 Å². The van der Waals surface area contributed by atoms with Gasteiger partial charge in [-0.05, 0) is 18.1 Å². The molecule has 0 saturated heterocycles. The summed E-state index contributed by atoms with van der Waals surface area (Å²) in [6.07, 6.45) is 8.09. The van der Waals surface area contributed by atoms with E-state index in [9.17, 15) is 0 Å². The lowest BCUT2D eigenvalue weighted by Crippen LogP contribution is -1.91. The number of rotatable bonds is 3. The van der Waals surface area contributed by atoms with Crippen LogP contribution in [0.4, 0.5) is 0 Å². The zero-order valence-electron chi connectivity index (χ0n) is 7.90. The molecule has 2 N–H and O–H groups in total. The van der Waals surface area contributed by atoms with Gasteiger partial charge in [0.05, 0.1) is 0 Å². The van der Waals surface area contributed by atoms with Crippen LogP contribution in [0.1, 0.15) is 18.1 Å². The second-order valence-corrected chi connectivity index (χ2v) is 2.80. The molecule has 0 bridgehead atoms. The van der Waals surface area contributed by atoms with Gasteiger partial charge in [0.15, 0.2) is 0 Å². The molecule has 0 spiro atoms. The summed E-state index contributed by atoms with van der Waals surface area (Å²) in [7, 11) is 0. The van der Waals surface area contributed by atoms with E-state index in [1.165, 1.54) is 11.1 Å². The second-order valence-electron chi connectivity index (χ2n) is 2.80. The molecule has 1 aromatic rings. The molecular weight excluding hydrogens is 158 g/mol. The Labute approximate surface area is 79.6 Å². The highest BCUT2D eigenvalue weighted by Crippen LogP contribution is 2.07. The quantitative estimate of drug-likeness (QED) is 0.747. The minimum Gasteiger partial charge on any atom is -0.327 e. The summed E-state index contributed by atoms with van der Waals surface area (Å²) in [5, 5.41) is 0. The van der Waals surface area contributed by atoms with Gasteiger partial charge in [-0.2, -0.15) is 0 Å². The first-order valence-electron chi connectivity index (χ1n) is 4.46. The third kappa shape index (κ3) is 3.26. The summed E-state index contributed by atoms with van der Waals surface area (Å²) < 4.78 is 0. The first kappa shape index (κ1) is 9.75. The fourth-order valence-electron chi connectivity index (χ4n) is 1.11. The molecule has 0 aliphatic heterocycles. The SMILES string of the molecule is CC=Cc1ccc(C=CCN)cc1. The van der Waals surface area contributed by atoms with Gasteiger partial charge in [-0.25, -0.2) is 0 Å². The first-order valence-corrected chi connectivity index (χ1v) is 4.46. The van der Waals surface area contributed by atoms with Gasteiger partial charge in [-0.15, -0.1) is 0 Å². The van der Waals surface area contributed by atoms with Crippen molar-refractivity contribution in [2.45, 2.75) is 6.92 Å². The predicted molar refractivity (Wildman–Crippen MR) is 59.2 cm³/mol. The number of allylic oxidation sites excluding steroid dienone is 1. The monoisotopic (exact) mass is 173 g/mol. The van der Waals surface area contributed by atoms with Gasteiger partial charge in [0.25, 0.3) is 0 Å². The molecule has 0 aromatic heterocycles. The number of hydrogen-bond acceptors (Lipinski definition) is 1. The largest absolute Gasteiger partial charge is 0.327 e. The van der Waals surface area contributed by atoms with Crippen LogP contribution in [0.15, 0.2) is 36.4 Å². The van der Waals surface area contributed by atoms with Crippen molar-refractivity contribution >= 4 is 12.2 Å². The summed E-state index contributed by atoms with van der Waals surface area (Å²) in [5.41, 5.74) is 7.78. The van der Waals surface area contributed by atoms with E-state index < -0.39 is 0 Å². The zero-order chi connectivity index (χ0) is 9.52. The Bertz CT molecular complexity index is 293. The maximum absolute atomic E-state index is 5.36. The standard InChI is InChI=1S/C12H15N/c1-2-4-11-6-8-12(9-7-11)5-3-10-13/h2-9H,10,13H2,1H3. The molecule has 0 aliphatic rings. The van der Waals surface area contributed by atoms with Crippen LogP contribution in [0, 0.1) is 0 Å². The van der Waals surface area contributed by atoms with Crippen LogP contribution in [0.25, 0.3) is 12.2 Å². The summed E-state index contributed by atoms with van der Waals surface area (Å²) in [6, 6.07) is 8.36. The highest BCUT2D eigenvalue weighted by molar-refractivity contribution is 5.55. The molecule has 0 radical (unpaired) electrons. The van der Waals surface area contributed by atoms with Crippen molar-refractivity contribution in [2.75, 3.05) is 6.54 Å². The van der Waals surface area contributed by atoms with Crippen LogP contribution in [0.3, 0.4) is 0 Å². The van der Waals surface area contributed by atoms with Gasteiger partial charge < -0.3 is 5.73 Å². The molecule has 1 rings (SSSR count). The second kappa shape index (κ2) is 5.33. The summed E-state index contributed by atoms with van der Waals surface area (Å²) in [4.78, 5) is 0. The van der Waals surface area contributed by atoms with E-state index >= 15 is 0 Å². The molecule has 1 heteroatoms. The lowest BCUT2D eigenvalue weighted by atomic mass is 10.1. The van der Waals surface area contributed by atoms with E-state index in [0.29, 0.717) is 6.54 Å². The molecule has 0 aliphatic carbocycles. The molecule has 1 aromatic carbocycles. The fraction of sp³-hybridized carbons (Fsp3) is 0.167. The van der Waals surface area contributed by atoms with Gasteiger partial charge >= 0.3 is 0 Å². The van der Waals surface area contributed by atoms with Gasteiger partial charge in [0, 0.05) is 6.54 Å². The summed E-state index contributed by atoms with van der Waals surface area (Å²) in [6.45, 7) is 2.61. The van der Waals surface area contributed by atoms with E-state index in [0.717, 1.165) is 0 Å². The van der Waals surface area contributed by atoms with Crippen molar-refractivity contribution < 1.29 is 0 Å². The maximum Gasteiger partial charge on any atom is 0.0110 e. The van der Waals surface area contributed by atoms with Gasteiger partial charge in [0.1, 0.15) is 0 Å². The molecule has 1 nitrogen and oxygen atoms in total. The summed E-state index contributed by atoms with van der Waals surface area (Å²) in [5.74, 6) is 0. The summed E-state index contributed by atoms with van der Waals surface area (Å²) >= 11 is 0. The van der Waals surface area contributed by atoms with Crippen LogP contribution in [0.2, 0.25) is 0 Å². The maximum atomic E-state index is 5.36. The molecule has 0 saturated carbocycles. The van der Waals surface area contributed by atoms with Crippen molar-refractivity contribution in [1.29, 1.82) is 0 Å². The lowest BCUT2D eigenvalue weighted by Gasteiger charge is -1.94. The normalized spacial score (nSPS) is 11.5. The molecule has 0 heterocycles. The Hall–Kier alpha value is -1.34. The van der Waals surface area contributed by atoms with Crippen LogP contribution < -0.4 is 5.73 Å². The molecular formula is C12H15N. The van der Waals surface area contributed by atoms with E-state index in [-0.39, 0.29) is 0 Å². The van der Waals surface area contributed by atoms with E-state index in [1.54, 1.807) is 0 Å². The Morgan fingerprint density at radius 1 is 1.08 bits per heavy atom. The average Bonchev–Trinajstić information content (AvgIpc) is 2.17. The van der Waals surface area contributed by atoms with Crippen LogP contribution in [0.5, 0.6) is 0 Å². The van der Waals surface area contributed by atoms with Crippen molar-refractivity contribution in [3.05, 3.63) is 47.5 Å². The Morgan fingerprint density at radius 2 is 1.62 bits per heavy atom. The average molecular weight is 173 g/mol. The smallest absolute Gasteiger partial charge is 0.0110 e. The van der Waals surface area contributed by atoms with Crippen molar-refractivity contribution in [1.82, 2.24) is 0 Å². The van der Waals surface area contributed by atoms with Crippen molar-refractivity contribution in [3.63, 3.8) is 0 Å². The van der Waals surface area contributed by atoms with Crippen LogP contribution in [-0.2, 0) is 0 Å². The van der Waals surface area contributed by atoms with E-state index in [4.69, 9.17) is 5.73 Å². The predicted octanol–water partition coefficient (Wildman–Crippen LogP) is 2.69. The van der Waals surface area contributed by atoms with E-state index in [1.807, 2.05) is 25.2 Å². The Kier molecular flexibility index (Phi) is 4.00. The third-order valence-electron chi connectivity index (χ3n) is 1.74. The van der Waals surface area contributed by atoms with Gasteiger partial charge in [-0.3, -0.25) is 0 Å². The Morgan fingerprint density at radius 3 is 2.08 bits per heavy atom.